The van der Waals surface area contributed by atoms with Crippen LogP contribution in [0.25, 0.3) is 10.6 Å². The second kappa shape index (κ2) is 6.47. The predicted molar refractivity (Wildman–Crippen MR) is 90.4 cm³/mol. The highest BCUT2D eigenvalue weighted by Gasteiger charge is 2.34. The van der Waals surface area contributed by atoms with Crippen molar-refractivity contribution in [2.24, 2.45) is 7.05 Å². The molecule has 0 aromatic carbocycles. The molecule has 132 valence electrons. The van der Waals surface area contributed by atoms with Crippen LogP contribution in [0.15, 0.2) is 24.4 Å². The molecule has 0 saturated heterocycles. The van der Waals surface area contributed by atoms with Crippen LogP contribution in [0.4, 0.5) is 19.1 Å². The SMILES string of the molecule is Cc1ccc(-c2cc(C(F)(F)F)nc(NCc3cnn(C)c3C)n2)s1. The van der Waals surface area contributed by atoms with E-state index in [9.17, 15) is 13.2 Å². The lowest BCUT2D eigenvalue weighted by Crippen LogP contribution is -2.12. The molecule has 0 atom stereocenters. The number of rotatable bonds is 4. The third-order valence-corrected chi connectivity index (χ3v) is 4.81. The van der Waals surface area contributed by atoms with E-state index < -0.39 is 11.9 Å². The van der Waals surface area contributed by atoms with Gasteiger partial charge < -0.3 is 5.32 Å². The number of nitrogens with zero attached hydrogens (tertiary/aromatic N) is 4. The monoisotopic (exact) mass is 367 g/mol. The summed E-state index contributed by atoms with van der Waals surface area (Å²) >= 11 is 1.39. The minimum absolute atomic E-state index is 0.0564. The van der Waals surface area contributed by atoms with Gasteiger partial charge in [0, 0.05) is 29.7 Å². The molecule has 25 heavy (non-hydrogen) atoms. The van der Waals surface area contributed by atoms with Crippen molar-refractivity contribution in [3.05, 3.63) is 46.2 Å². The van der Waals surface area contributed by atoms with Crippen LogP contribution in [0.1, 0.15) is 21.8 Å². The van der Waals surface area contributed by atoms with Crippen molar-refractivity contribution in [2.45, 2.75) is 26.6 Å². The largest absolute Gasteiger partial charge is 0.433 e. The molecule has 0 spiro atoms. The van der Waals surface area contributed by atoms with Gasteiger partial charge in [-0.15, -0.1) is 11.3 Å². The number of anilines is 1. The number of hydrogen-bond donors (Lipinski definition) is 1. The third-order valence-electron chi connectivity index (χ3n) is 3.78. The van der Waals surface area contributed by atoms with Crippen LogP contribution in [0.2, 0.25) is 0 Å². The summed E-state index contributed by atoms with van der Waals surface area (Å²) in [6.45, 7) is 4.07. The fourth-order valence-electron chi connectivity index (χ4n) is 2.26. The van der Waals surface area contributed by atoms with Gasteiger partial charge in [0.15, 0.2) is 5.69 Å². The van der Waals surface area contributed by atoms with Gasteiger partial charge in [-0.05, 0) is 32.0 Å². The number of nitrogens with one attached hydrogen (secondary N) is 1. The summed E-state index contributed by atoms with van der Waals surface area (Å²) in [5.41, 5.74) is 1.09. The zero-order valence-corrected chi connectivity index (χ0v) is 14.7. The molecule has 0 aliphatic rings. The van der Waals surface area contributed by atoms with Gasteiger partial charge in [-0.25, -0.2) is 9.97 Å². The molecule has 0 aliphatic carbocycles. The lowest BCUT2D eigenvalue weighted by molar-refractivity contribution is -0.141. The van der Waals surface area contributed by atoms with Gasteiger partial charge in [0.25, 0.3) is 0 Å². The number of alkyl halides is 3. The van der Waals surface area contributed by atoms with E-state index in [4.69, 9.17) is 0 Å². The highest BCUT2D eigenvalue weighted by atomic mass is 32.1. The Morgan fingerprint density at radius 3 is 2.52 bits per heavy atom. The first kappa shape index (κ1) is 17.4. The van der Waals surface area contributed by atoms with E-state index in [2.05, 4.69) is 20.4 Å². The molecule has 5 nitrogen and oxygen atoms in total. The molecule has 9 heteroatoms. The Hall–Kier alpha value is -2.42. The molecule has 0 bridgehead atoms. The molecule has 3 aromatic heterocycles. The van der Waals surface area contributed by atoms with Crippen LogP contribution < -0.4 is 5.32 Å². The van der Waals surface area contributed by atoms with Crippen molar-refractivity contribution >= 4 is 17.3 Å². The second-order valence-corrected chi connectivity index (χ2v) is 6.89. The number of thiophene rings is 1. The van der Waals surface area contributed by atoms with Crippen molar-refractivity contribution in [2.75, 3.05) is 5.32 Å². The Kier molecular flexibility index (Phi) is 4.51. The molecule has 0 radical (unpaired) electrons. The van der Waals surface area contributed by atoms with Crippen molar-refractivity contribution in [1.29, 1.82) is 0 Å². The summed E-state index contributed by atoms with van der Waals surface area (Å²) in [5, 5.41) is 6.98. The zero-order chi connectivity index (χ0) is 18.2. The first-order valence-corrected chi connectivity index (χ1v) is 8.30. The van der Waals surface area contributed by atoms with Crippen LogP contribution in [-0.2, 0) is 19.8 Å². The number of aromatic nitrogens is 4. The molecule has 3 aromatic rings. The fourth-order valence-corrected chi connectivity index (χ4v) is 3.09. The Balaban J connectivity index is 1.93. The third kappa shape index (κ3) is 3.81. The van der Waals surface area contributed by atoms with E-state index >= 15 is 0 Å². The molecule has 0 unspecified atom stereocenters. The second-order valence-electron chi connectivity index (χ2n) is 5.60. The molecule has 0 aliphatic heterocycles. The molecule has 3 rings (SSSR count). The first-order chi connectivity index (χ1) is 11.7. The molecule has 0 fully saturated rings. The van der Waals surface area contributed by atoms with Crippen molar-refractivity contribution < 1.29 is 13.2 Å². The topological polar surface area (TPSA) is 55.6 Å². The maximum Gasteiger partial charge on any atom is 0.433 e. The van der Waals surface area contributed by atoms with Gasteiger partial charge in [0.2, 0.25) is 5.95 Å². The molecule has 0 amide bonds. The lowest BCUT2D eigenvalue weighted by atomic mass is 10.2. The number of halogens is 3. The van der Waals surface area contributed by atoms with Crippen LogP contribution in [-0.4, -0.2) is 19.7 Å². The average molecular weight is 367 g/mol. The fraction of sp³-hybridized carbons (Fsp3) is 0.312. The normalized spacial score (nSPS) is 11.8. The Bertz CT molecular complexity index is 898. The van der Waals surface area contributed by atoms with E-state index in [0.717, 1.165) is 22.2 Å². The van der Waals surface area contributed by atoms with Gasteiger partial charge in [0.1, 0.15) is 0 Å². The summed E-state index contributed by atoms with van der Waals surface area (Å²) in [6.07, 6.45) is -2.87. The van der Waals surface area contributed by atoms with Crippen molar-refractivity contribution in [1.82, 2.24) is 19.7 Å². The molecule has 1 N–H and O–H groups in total. The number of hydrogen-bond acceptors (Lipinski definition) is 5. The van der Waals surface area contributed by atoms with Crippen LogP contribution in [0.5, 0.6) is 0 Å². The Labute approximate surface area is 146 Å². The van der Waals surface area contributed by atoms with Crippen molar-refractivity contribution in [3.8, 4) is 10.6 Å². The highest BCUT2D eigenvalue weighted by Crippen LogP contribution is 2.33. The van der Waals surface area contributed by atoms with Crippen molar-refractivity contribution in [3.63, 3.8) is 0 Å². The average Bonchev–Trinajstić information content (AvgIpc) is 3.12. The van der Waals surface area contributed by atoms with Crippen LogP contribution >= 0.6 is 11.3 Å². The summed E-state index contributed by atoms with van der Waals surface area (Å²) in [4.78, 5) is 9.54. The van der Waals surface area contributed by atoms with Gasteiger partial charge in [-0.1, -0.05) is 0 Å². The molecular weight excluding hydrogens is 351 g/mol. The minimum atomic E-state index is -4.54. The molecular formula is C16H16F3N5S. The van der Waals surface area contributed by atoms with Crippen LogP contribution in [0.3, 0.4) is 0 Å². The summed E-state index contributed by atoms with van der Waals surface area (Å²) in [6, 6.07) is 4.59. The molecule has 3 heterocycles. The van der Waals surface area contributed by atoms with E-state index in [1.165, 1.54) is 11.3 Å². The van der Waals surface area contributed by atoms with E-state index in [1.54, 1.807) is 24.0 Å². The predicted octanol–water partition coefficient (Wildman–Crippen LogP) is 4.19. The van der Waals surface area contributed by atoms with Gasteiger partial charge in [-0.2, -0.15) is 18.3 Å². The zero-order valence-electron chi connectivity index (χ0n) is 13.8. The Morgan fingerprint density at radius 1 is 1.20 bits per heavy atom. The maximum atomic E-state index is 13.2. The van der Waals surface area contributed by atoms with E-state index in [1.807, 2.05) is 19.9 Å². The Morgan fingerprint density at radius 2 is 1.96 bits per heavy atom. The quantitative estimate of drug-likeness (QED) is 0.751. The first-order valence-electron chi connectivity index (χ1n) is 7.48. The van der Waals surface area contributed by atoms with E-state index in [-0.39, 0.29) is 11.6 Å². The summed E-state index contributed by atoms with van der Waals surface area (Å²) in [7, 11) is 1.80. The van der Waals surface area contributed by atoms with Crippen LogP contribution in [0, 0.1) is 13.8 Å². The van der Waals surface area contributed by atoms with E-state index in [0.29, 0.717) is 11.4 Å². The molecule has 0 saturated carbocycles. The lowest BCUT2D eigenvalue weighted by Gasteiger charge is -2.11. The van der Waals surface area contributed by atoms with Gasteiger partial charge >= 0.3 is 6.18 Å². The number of aryl methyl sites for hydroxylation is 2. The smallest absolute Gasteiger partial charge is 0.350 e. The minimum Gasteiger partial charge on any atom is -0.350 e. The maximum absolute atomic E-state index is 13.2. The summed E-state index contributed by atoms with van der Waals surface area (Å²) < 4.78 is 41.2. The summed E-state index contributed by atoms with van der Waals surface area (Å²) in [5.74, 6) is -0.0564. The highest BCUT2D eigenvalue weighted by molar-refractivity contribution is 7.15. The van der Waals surface area contributed by atoms with Gasteiger partial charge in [-0.3, -0.25) is 4.68 Å². The standard InChI is InChI=1S/C16H16F3N5S/c1-9-4-5-13(25-9)12-6-14(16(17,18)19)23-15(22-12)20-7-11-8-21-24(3)10(11)2/h4-6,8H,7H2,1-3H3,(H,20,22,23). The van der Waals surface area contributed by atoms with Gasteiger partial charge in [0.05, 0.1) is 16.8 Å².